The van der Waals surface area contributed by atoms with Crippen LogP contribution in [0, 0.1) is 0 Å². The molecule has 4 aromatic rings. The lowest BCUT2D eigenvalue weighted by molar-refractivity contribution is 0.0409. The van der Waals surface area contributed by atoms with Gasteiger partial charge in [-0.2, -0.15) is 0 Å². The maximum absolute atomic E-state index is 13.6. The highest BCUT2D eigenvalue weighted by Crippen LogP contribution is 2.27. The molecule has 0 bridgehead atoms. The van der Waals surface area contributed by atoms with Gasteiger partial charge >= 0.3 is 0 Å². The average molecular weight is 472 g/mol. The molecule has 0 saturated carbocycles. The van der Waals surface area contributed by atoms with Gasteiger partial charge in [-0.15, -0.1) is 11.3 Å². The van der Waals surface area contributed by atoms with E-state index in [4.69, 9.17) is 0 Å². The molecule has 0 spiro atoms. The van der Waals surface area contributed by atoms with E-state index in [0.29, 0.717) is 25.2 Å². The molecule has 1 aliphatic rings. The molecule has 5 rings (SSSR count). The molecule has 1 atom stereocenters. The molecule has 2 aromatic carbocycles. The third-order valence-corrected chi connectivity index (χ3v) is 7.56. The average Bonchev–Trinajstić information content (AvgIpc) is 3.47. The molecule has 174 valence electrons. The third-order valence-electron chi connectivity index (χ3n) is 6.61. The number of aromatic nitrogens is 1. The standard InChI is InChI=1S/C28H29N3O2S/c1-21-20-29(16-17-30(21)26(32)23-12-6-3-7-13-23)27(33)25-19-24-14-18-34-28(24)31(25)15-8-11-22-9-4-2-5-10-22/h2-7,9-10,12-14,18-19,21H,8,11,15-17,20H2,1H3. The van der Waals surface area contributed by atoms with Gasteiger partial charge in [-0.1, -0.05) is 48.5 Å². The predicted octanol–water partition coefficient (Wildman–Crippen LogP) is 5.32. The monoisotopic (exact) mass is 471 g/mol. The number of hydrogen-bond donors (Lipinski definition) is 0. The lowest BCUT2D eigenvalue weighted by Gasteiger charge is -2.40. The molecule has 0 N–H and O–H groups in total. The third kappa shape index (κ3) is 4.50. The van der Waals surface area contributed by atoms with Gasteiger partial charge in [0.1, 0.15) is 10.5 Å². The highest BCUT2D eigenvalue weighted by molar-refractivity contribution is 7.16. The van der Waals surface area contributed by atoms with Crippen molar-refractivity contribution in [3.8, 4) is 0 Å². The van der Waals surface area contributed by atoms with E-state index in [-0.39, 0.29) is 17.9 Å². The molecule has 0 radical (unpaired) electrons. The molecular formula is C28H29N3O2S. The van der Waals surface area contributed by atoms with E-state index in [1.807, 2.05) is 59.2 Å². The number of rotatable bonds is 6. The highest BCUT2D eigenvalue weighted by atomic mass is 32.1. The molecule has 3 heterocycles. The van der Waals surface area contributed by atoms with E-state index in [2.05, 4.69) is 40.3 Å². The van der Waals surface area contributed by atoms with Crippen molar-refractivity contribution in [3.05, 3.63) is 95.0 Å². The van der Waals surface area contributed by atoms with Gasteiger partial charge in [0, 0.05) is 43.2 Å². The van der Waals surface area contributed by atoms with E-state index in [9.17, 15) is 9.59 Å². The number of aryl methyl sites for hydroxylation is 2. The summed E-state index contributed by atoms with van der Waals surface area (Å²) in [6.45, 7) is 4.47. The Hall–Kier alpha value is -3.38. The Morgan fingerprint density at radius 1 is 0.941 bits per heavy atom. The van der Waals surface area contributed by atoms with Crippen LogP contribution < -0.4 is 0 Å². The fourth-order valence-electron chi connectivity index (χ4n) is 4.81. The number of carbonyl (C=O) groups is 2. The molecule has 6 heteroatoms. The summed E-state index contributed by atoms with van der Waals surface area (Å²) >= 11 is 1.69. The van der Waals surface area contributed by atoms with E-state index in [1.54, 1.807) is 11.3 Å². The molecule has 2 amide bonds. The van der Waals surface area contributed by atoms with Crippen molar-refractivity contribution < 1.29 is 9.59 Å². The lowest BCUT2D eigenvalue weighted by atomic mass is 10.1. The SMILES string of the molecule is CC1CN(C(=O)c2cc3ccsc3n2CCCc2ccccc2)CCN1C(=O)c1ccccc1. The molecule has 0 aliphatic carbocycles. The van der Waals surface area contributed by atoms with Crippen molar-refractivity contribution in [2.45, 2.75) is 32.4 Å². The van der Waals surface area contributed by atoms with Crippen LogP contribution in [0.3, 0.4) is 0 Å². The number of piperazine rings is 1. The molecule has 1 unspecified atom stereocenters. The number of amides is 2. The molecule has 2 aromatic heterocycles. The van der Waals surface area contributed by atoms with Crippen LogP contribution in [0.2, 0.25) is 0 Å². The Kier molecular flexibility index (Phi) is 6.50. The molecule has 1 aliphatic heterocycles. The van der Waals surface area contributed by atoms with Gasteiger partial charge in [0.2, 0.25) is 0 Å². The van der Waals surface area contributed by atoms with Crippen LogP contribution in [0.4, 0.5) is 0 Å². The van der Waals surface area contributed by atoms with Crippen molar-refractivity contribution in [2.75, 3.05) is 19.6 Å². The van der Waals surface area contributed by atoms with Crippen LogP contribution >= 0.6 is 11.3 Å². The fraction of sp³-hybridized carbons (Fsp3) is 0.286. The number of benzene rings is 2. The Bertz CT molecular complexity index is 1280. The molecule has 1 fully saturated rings. The van der Waals surface area contributed by atoms with E-state index in [1.165, 1.54) is 5.56 Å². The minimum absolute atomic E-state index is 0.0324. The van der Waals surface area contributed by atoms with E-state index < -0.39 is 0 Å². The number of nitrogens with zero attached hydrogens (tertiary/aromatic N) is 3. The second kappa shape index (κ2) is 9.85. The molecular weight excluding hydrogens is 442 g/mol. The molecule has 34 heavy (non-hydrogen) atoms. The van der Waals surface area contributed by atoms with Gasteiger partial charge in [0.25, 0.3) is 11.8 Å². The van der Waals surface area contributed by atoms with Crippen molar-refractivity contribution in [2.24, 2.45) is 0 Å². The first-order valence-corrected chi connectivity index (χ1v) is 12.8. The summed E-state index contributed by atoms with van der Waals surface area (Å²) in [6, 6.07) is 23.9. The largest absolute Gasteiger partial charge is 0.334 e. The van der Waals surface area contributed by atoms with Crippen molar-refractivity contribution in [3.63, 3.8) is 0 Å². The van der Waals surface area contributed by atoms with Crippen LogP contribution in [-0.2, 0) is 13.0 Å². The van der Waals surface area contributed by atoms with Gasteiger partial charge in [-0.25, -0.2) is 0 Å². The summed E-state index contributed by atoms with van der Waals surface area (Å²) in [5, 5.41) is 3.21. The van der Waals surface area contributed by atoms with Gasteiger partial charge in [0.05, 0.1) is 0 Å². The maximum atomic E-state index is 13.6. The summed E-state index contributed by atoms with van der Waals surface area (Å²) in [5.74, 6) is 0.0896. The van der Waals surface area contributed by atoms with Crippen molar-refractivity contribution in [1.82, 2.24) is 14.4 Å². The first-order valence-electron chi connectivity index (χ1n) is 11.9. The van der Waals surface area contributed by atoms with Crippen LogP contribution in [0.1, 0.15) is 39.8 Å². The second-order valence-electron chi connectivity index (χ2n) is 8.92. The summed E-state index contributed by atoms with van der Waals surface area (Å²) in [4.78, 5) is 31.5. The van der Waals surface area contributed by atoms with Crippen LogP contribution in [0.15, 0.2) is 78.2 Å². The fourth-order valence-corrected chi connectivity index (χ4v) is 5.74. The molecule has 5 nitrogen and oxygen atoms in total. The summed E-state index contributed by atoms with van der Waals surface area (Å²) < 4.78 is 2.19. The van der Waals surface area contributed by atoms with Gasteiger partial charge in [-0.3, -0.25) is 9.59 Å². The van der Waals surface area contributed by atoms with Crippen LogP contribution in [-0.4, -0.2) is 51.9 Å². The highest BCUT2D eigenvalue weighted by Gasteiger charge is 2.32. The summed E-state index contributed by atoms with van der Waals surface area (Å²) in [6.07, 6.45) is 1.96. The lowest BCUT2D eigenvalue weighted by Crippen LogP contribution is -2.55. The Morgan fingerprint density at radius 2 is 1.68 bits per heavy atom. The van der Waals surface area contributed by atoms with Crippen LogP contribution in [0.25, 0.3) is 10.2 Å². The first kappa shape index (κ1) is 22.4. The summed E-state index contributed by atoms with van der Waals surface area (Å²) in [5.41, 5.74) is 2.77. The second-order valence-corrected chi connectivity index (χ2v) is 9.81. The topological polar surface area (TPSA) is 45.6 Å². The Morgan fingerprint density at radius 3 is 2.41 bits per heavy atom. The van der Waals surface area contributed by atoms with Crippen LogP contribution in [0.5, 0.6) is 0 Å². The van der Waals surface area contributed by atoms with Gasteiger partial charge < -0.3 is 14.4 Å². The summed E-state index contributed by atoms with van der Waals surface area (Å²) in [7, 11) is 0. The smallest absolute Gasteiger partial charge is 0.270 e. The number of hydrogen-bond acceptors (Lipinski definition) is 3. The van der Waals surface area contributed by atoms with Crippen molar-refractivity contribution >= 4 is 33.4 Å². The minimum Gasteiger partial charge on any atom is -0.334 e. The quantitative estimate of drug-likeness (QED) is 0.382. The Labute approximate surface area is 204 Å². The van der Waals surface area contributed by atoms with E-state index in [0.717, 1.165) is 35.3 Å². The normalized spacial score (nSPS) is 16.2. The maximum Gasteiger partial charge on any atom is 0.270 e. The zero-order chi connectivity index (χ0) is 23.5. The zero-order valence-electron chi connectivity index (χ0n) is 19.4. The Balaban J connectivity index is 1.29. The minimum atomic E-state index is -0.0342. The predicted molar refractivity (Wildman–Crippen MR) is 137 cm³/mol. The number of carbonyl (C=O) groups excluding carboxylic acids is 2. The number of thiophene rings is 1. The van der Waals surface area contributed by atoms with Crippen molar-refractivity contribution in [1.29, 1.82) is 0 Å². The van der Waals surface area contributed by atoms with Gasteiger partial charge in [0.15, 0.2) is 0 Å². The van der Waals surface area contributed by atoms with Gasteiger partial charge in [-0.05, 0) is 55.0 Å². The number of fused-ring (bicyclic) bond motifs is 1. The van der Waals surface area contributed by atoms with E-state index >= 15 is 0 Å². The molecule has 1 saturated heterocycles. The first-order chi connectivity index (χ1) is 16.6. The zero-order valence-corrected chi connectivity index (χ0v) is 20.2.